The highest BCUT2D eigenvalue weighted by Gasteiger charge is 2.43. The lowest BCUT2D eigenvalue weighted by Crippen LogP contribution is -2.54. The number of ether oxygens (including phenoxy) is 2. The fourth-order valence-electron chi connectivity index (χ4n) is 2.60. The molecule has 0 radical (unpaired) electrons. The van der Waals surface area contributed by atoms with E-state index >= 15 is 0 Å². The van der Waals surface area contributed by atoms with Crippen LogP contribution in [0.25, 0.3) is 0 Å². The first-order chi connectivity index (χ1) is 13.2. The fraction of sp³-hybridized carbons (Fsp3) is 0.250. The van der Waals surface area contributed by atoms with Crippen molar-refractivity contribution in [1.29, 1.82) is 0 Å². The summed E-state index contributed by atoms with van der Waals surface area (Å²) in [7, 11) is 1.16. The van der Waals surface area contributed by atoms with E-state index in [0.717, 1.165) is 7.11 Å². The topological polar surface area (TPSA) is 128 Å². The van der Waals surface area contributed by atoms with Gasteiger partial charge < -0.3 is 25.6 Å². The lowest BCUT2D eigenvalue weighted by molar-refractivity contribution is -0.158. The van der Waals surface area contributed by atoms with E-state index in [2.05, 4.69) is 10.1 Å². The van der Waals surface area contributed by atoms with Gasteiger partial charge in [0.25, 0.3) is 0 Å². The van der Waals surface area contributed by atoms with Gasteiger partial charge in [-0.05, 0) is 18.1 Å². The first-order valence-electron chi connectivity index (χ1n) is 8.40. The Morgan fingerprint density at radius 1 is 1.00 bits per heavy atom. The quantitative estimate of drug-likeness (QED) is 0.618. The molecule has 2 aromatic rings. The van der Waals surface area contributed by atoms with E-state index in [1.807, 2.05) is 0 Å². The minimum Gasteiger partial charge on any atom is -0.480 e. The number of carboxylic acids is 1. The first-order valence-corrected chi connectivity index (χ1v) is 8.40. The summed E-state index contributed by atoms with van der Waals surface area (Å²) in [6.07, 6.45) is -0.844. The monoisotopic (exact) mass is 386 g/mol. The maximum Gasteiger partial charge on any atom is 0.408 e. The van der Waals surface area contributed by atoms with Gasteiger partial charge in [0.05, 0.1) is 7.11 Å². The SMILES string of the molecule is COC(=O)NC(C)(C(=O)OCC(N)(C(=O)O)c1ccccc1)c1ccccc1. The van der Waals surface area contributed by atoms with Crippen molar-refractivity contribution in [3.8, 4) is 0 Å². The molecule has 0 saturated carbocycles. The summed E-state index contributed by atoms with van der Waals surface area (Å²) in [6.45, 7) is 0.805. The Morgan fingerprint density at radius 3 is 1.96 bits per heavy atom. The van der Waals surface area contributed by atoms with E-state index in [1.54, 1.807) is 48.5 Å². The lowest BCUT2D eigenvalue weighted by atomic mass is 9.90. The molecule has 0 bridgehead atoms. The number of carboxylic acid groups (broad SMARTS) is 1. The van der Waals surface area contributed by atoms with Gasteiger partial charge in [0.1, 0.15) is 6.61 Å². The highest BCUT2D eigenvalue weighted by molar-refractivity contribution is 5.87. The largest absolute Gasteiger partial charge is 0.480 e. The number of hydrogen-bond donors (Lipinski definition) is 3. The molecule has 0 fully saturated rings. The zero-order chi connectivity index (χ0) is 20.8. The minimum atomic E-state index is -1.94. The second-order valence-electron chi connectivity index (χ2n) is 6.33. The zero-order valence-electron chi connectivity index (χ0n) is 15.5. The van der Waals surface area contributed by atoms with Crippen molar-refractivity contribution < 1.29 is 29.0 Å². The number of esters is 1. The molecular formula is C20H22N2O6. The molecule has 0 spiro atoms. The van der Waals surface area contributed by atoms with Crippen LogP contribution >= 0.6 is 0 Å². The Kier molecular flexibility index (Phi) is 6.37. The van der Waals surface area contributed by atoms with Crippen LogP contribution in [0.3, 0.4) is 0 Å². The number of hydrogen-bond acceptors (Lipinski definition) is 6. The molecule has 8 nitrogen and oxygen atoms in total. The van der Waals surface area contributed by atoms with Gasteiger partial charge in [0, 0.05) is 0 Å². The second kappa shape index (κ2) is 8.53. The molecule has 0 saturated heterocycles. The molecule has 1 amide bonds. The summed E-state index contributed by atoms with van der Waals surface area (Å²) in [4.78, 5) is 36.4. The van der Waals surface area contributed by atoms with E-state index in [-0.39, 0.29) is 5.56 Å². The maximum atomic E-state index is 12.9. The van der Waals surface area contributed by atoms with Gasteiger partial charge in [-0.3, -0.25) is 0 Å². The molecule has 2 aromatic carbocycles. The van der Waals surface area contributed by atoms with E-state index in [1.165, 1.54) is 19.1 Å². The predicted octanol–water partition coefficient (Wildman–Crippen LogP) is 1.74. The molecular weight excluding hydrogens is 364 g/mol. The van der Waals surface area contributed by atoms with Gasteiger partial charge in [0.15, 0.2) is 11.1 Å². The molecule has 2 rings (SSSR count). The number of aliphatic carboxylic acids is 1. The fourth-order valence-corrected chi connectivity index (χ4v) is 2.60. The highest BCUT2D eigenvalue weighted by Crippen LogP contribution is 2.25. The third-order valence-electron chi connectivity index (χ3n) is 4.40. The number of benzene rings is 2. The summed E-state index contributed by atoms with van der Waals surface area (Å²) in [5.74, 6) is -2.23. The molecule has 8 heteroatoms. The van der Waals surface area contributed by atoms with Crippen LogP contribution in [0.15, 0.2) is 60.7 Å². The number of methoxy groups -OCH3 is 1. The lowest BCUT2D eigenvalue weighted by Gasteiger charge is -2.31. The van der Waals surface area contributed by atoms with E-state index < -0.39 is 35.7 Å². The summed E-state index contributed by atoms with van der Waals surface area (Å²) in [5.41, 5.74) is 3.19. The normalized spacial score (nSPS) is 14.8. The average Bonchev–Trinajstić information content (AvgIpc) is 2.72. The summed E-state index contributed by atoms with van der Waals surface area (Å²) in [5, 5.41) is 12.0. The predicted molar refractivity (Wildman–Crippen MR) is 100 cm³/mol. The molecule has 0 aliphatic rings. The summed E-state index contributed by atoms with van der Waals surface area (Å²) >= 11 is 0. The molecule has 0 aromatic heterocycles. The summed E-state index contributed by atoms with van der Waals surface area (Å²) in [6, 6.07) is 16.4. The number of nitrogens with two attached hydrogens (primary N) is 1. The van der Waals surface area contributed by atoms with Crippen molar-refractivity contribution in [2.75, 3.05) is 13.7 Å². The van der Waals surface area contributed by atoms with Gasteiger partial charge in [-0.2, -0.15) is 0 Å². The van der Waals surface area contributed by atoms with Crippen molar-refractivity contribution in [1.82, 2.24) is 5.32 Å². The van der Waals surface area contributed by atoms with Crippen LogP contribution in [0.2, 0.25) is 0 Å². The number of carbonyl (C=O) groups is 3. The molecule has 28 heavy (non-hydrogen) atoms. The molecule has 2 unspecified atom stereocenters. The molecule has 2 atom stereocenters. The molecule has 0 heterocycles. The van der Waals surface area contributed by atoms with Crippen LogP contribution in [-0.2, 0) is 30.1 Å². The first kappa shape index (κ1) is 20.9. The number of nitrogens with one attached hydrogen (secondary N) is 1. The van der Waals surface area contributed by atoms with Crippen LogP contribution in [0.1, 0.15) is 18.1 Å². The van der Waals surface area contributed by atoms with Crippen LogP contribution in [0.5, 0.6) is 0 Å². The number of rotatable bonds is 7. The zero-order valence-corrected chi connectivity index (χ0v) is 15.5. The second-order valence-corrected chi connectivity index (χ2v) is 6.33. The van der Waals surface area contributed by atoms with Gasteiger partial charge in [0.2, 0.25) is 0 Å². The Balaban J connectivity index is 2.30. The molecule has 0 aliphatic carbocycles. The van der Waals surface area contributed by atoms with E-state index in [4.69, 9.17) is 10.5 Å². The van der Waals surface area contributed by atoms with Crippen molar-refractivity contribution in [2.45, 2.75) is 18.0 Å². The maximum absolute atomic E-state index is 12.9. The van der Waals surface area contributed by atoms with Crippen molar-refractivity contribution in [3.63, 3.8) is 0 Å². The average molecular weight is 386 g/mol. The Morgan fingerprint density at radius 2 is 1.50 bits per heavy atom. The van der Waals surface area contributed by atoms with Gasteiger partial charge in [-0.25, -0.2) is 14.4 Å². The molecule has 4 N–H and O–H groups in total. The Bertz CT molecular complexity index is 842. The van der Waals surface area contributed by atoms with Gasteiger partial charge in [-0.15, -0.1) is 0 Å². The number of carbonyl (C=O) groups excluding carboxylic acids is 2. The van der Waals surface area contributed by atoms with E-state index in [0.29, 0.717) is 5.56 Å². The Hall–Kier alpha value is -3.39. The third kappa shape index (κ3) is 4.29. The third-order valence-corrected chi connectivity index (χ3v) is 4.40. The Labute approximate surface area is 162 Å². The van der Waals surface area contributed by atoms with Gasteiger partial charge >= 0.3 is 18.0 Å². The number of amides is 1. The molecule has 0 aliphatic heterocycles. The van der Waals surface area contributed by atoms with Crippen molar-refractivity contribution in [2.24, 2.45) is 5.73 Å². The van der Waals surface area contributed by atoms with Gasteiger partial charge in [-0.1, -0.05) is 60.7 Å². The van der Waals surface area contributed by atoms with Crippen molar-refractivity contribution in [3.05, 3.63) is 71.8 Å². The van der Waals surface area contributed by atoms with Crippen LogP contribution in [-0.4, -0.2) is 36.9 Å². The highest BCUT2D eigenvalue weighted by atomic mass is 16.6. The van der Waals surface area contributed by atoms with E-state index in [9.17, 15) is 19.5 Å². The summed E-state index contributed by atoms with van der Waals surface area (Å²) < 4.78 is 9.87. The standard InChI is InChI=1S/C20H22N2O6/c1-19(22-18(26)27-2,14-9-5-3-6-10-14)17(25)28-13-20(21,16(23)24)15-11-7-4-8-12-15/h3-12H,13,21H2,1-2H3,(H,22,26)(H,23,24). The van der Waals surface area contributed by atoms with Crippen LogP contribution in [0.4, 0.5) is 4.79 Å². The number of alkyl carbamates (subject to hydrolysis) is 1. The minimum absolute atomic E-state index is 0.276. The van der Waals surface area contributed by atoms with Crippen LogP contribution < -0.4 is 11.1 Å². The molecule has 148 valence electrons. The van der Waals surface area contributed by atoms with Crippen molar-refractivity contribution >= 4 is 18.0 Å². The smallest absolute Gasteiger partial charge is 0.408 e. The van der Waals surface area contributed by atoms with Crippen LogP contribution in [0, 0.1) is 0 Å².